The van der Waals surface area contributed by atoms with E-state index in [0.29, 0.717) is 5.57 Å². The van der Waals surface area contributed by atoms with E-state index in [1.807, 2.05) is 49.8 Å². The van der Waals surface area contributed by atoms with Gasteiger partial charge in [0.1, 0.15) is 0 Å². The Morgan fingerprint density at radius 1 is 1.58 bits per heavy atom. The summed E-state index contributed by atoms with van der Waals surface area (Å²) in [4.78, 5) is 8.91. The van der Waals surface area contributed by atoms with Crippen LogP contribution in [0.25, 0.3) is 5.57 Å². The van der Waals surface area contributed by atoms with E-state index in [1.54, 1.807) is 14.0 Å². The molecular weight excluding hydrogens is 238 g/mol. The number of para-hydroxylation sites is 1. The van der Waals surface area contributed by atoms with Crippen LogP contribution >= 0.6 is 0 Å². The molecule has 0 heterocycles. The van der Waals surface area contributed by atoms with Crippen LogP contribution in [-0.2, 0) is 0 Å². The van der Waals surface area contributed by atoms with E-state index >= 15 is 0 Å². The quantitative estimate of drug-likeness (QED) is 0.443. The van der Waals surface area contributed by atoms with E-state index in [-0.39, 0.29) is 0 Å². The topological polar surface area (TPSA) is 52.6 Å². The third-order valence-electron chi connectivity index (χ3n) is 2.75. The highest BCUT2D eigenvalue weighted by molar-refractivity contribution is 5.61. The van der Waals surface area contributed by atoms with Crippen molar-refractivity contribution in [2.24, 2.45) is 4.99 Å². The van der Waals surface area contributed by atoms with Crippen molar-refractivity contribution in [3.63, 3.8) is 0 Å². The summed E-state index contributed by atoms with van der Waals surface area (Å²) in [6.45, 7) is 5.52. The number of benzene rings is 1. The third-order valence-corrected chi connectivity index (χ3v) is 2.75. The van der Waals surface area contributed by atoms with Gasteiger partial charge < -0.3 is 15.0 Å². The Hall–Kier alpha value is -2.32. The van der Waals surface area contributed by atoms with Gasteiger partial charge in [0.05, 0.1) is 12.4 Å². The predicted octanol–water partition coefficient (Wildman–Crippen LogP) is -0.638. The van der Waals surface area contributed by atoms with Crippen LogP contribution in [0.5, 0.6) is 0 Å². The lowest BCUT2D eigenvalue weighted by Crippen LogP contribution is -2.76. The van der Waals surface area contributed by atoms with E-state index in [0.717, 1.165) is 22.9 Å². The van der Waals surface area contributed by atoms with E-state index < -0.39 is 0 Å². The maximum atomic E-state index is 10.9. The fourth-order valence-electron chi connectivity index (χ4n) is 1.52. The third kappa shape index (κ3) is 4.12. The minimum Gasteiger partial charge on any atom is -0.878 e. The van der Waals surface area contributed by atoms with E-state index in [2.05, 4.69) is 15.9 Å². The van der Waals surface area contributed by atoms with Gasteiger partial charge in [-0.2, -0.15) is 30.5 Å². The van der Waals surface area contributed by atoms with Gasteiger partial charge in [-0.3, -0.25) is 0 Å². The number of allylic oxidation sites excluding steroid dienone is 2. The highest BCUT2D eigenvalue weighted by Gasteiger charge is 1.94. The molecule has 0 aliphatic heterocycles. The molecular formula is C15H19N3O-2. The van der Waals surface area contributed by atoms with Crippen molar-refractivity contribution in [3.05, 3.63) is 53.8 Å². The first-order chi connectivity index (χ1) is 9.10. The van der Waals surface area contributed by atoms with Crippen LogP contribution in [0.1, 0.15) is 19.4 Å². The Bertz CT molecular complexity index is 575. The lowest BCUT2D eigenvalue weighted by molar-refractivity contribution is -0.473. The molecule has 1 aromatic carbocycles. The van der Waals surface area contributed by atoms with Crippen LogP contribution in [0.3, 0.4) is 0 Å². The van der Waals surface area contributed by atoms with Crippen LogP contribution in [-0.4, -0.2) is 24.9 Å². The van der Waals surface area contributed by atoms with Gasteiger partial charge in [-0.25, -0.2) is 4.99 Å². The number of nitrogens with zero attached hydrogens (tertiary/aromatic N) is 2. The maximum absolute atomic E-state index is 10.9. The summed E-state index contributed by atoms with van der Waals surface area (Å²) in [6.07, 6.45) is 0.860. The number of rotatable bonds is 4. The molecule has 0 aliphatic rings. The molecule has 0 saturated heterocycles. The second-order valence-corrected chi connectivity index (χ2v) is 4.15. The van der Waals surface area contributed by atoms with Crippen molar-refractivity contribution >= 4 is 11.4 Å². The van der Waals surface area contributed by atoms with Crippen molar-refractivity contribution in [3.8, 4) is 0 Å². The van der Waals surface area contributed by atoms with Crippen LogP contribution in [0.15, 0.2) is 41.2 Å². The van der Waals surface area contributed by atoms with E-state index in [9.17, 15) is 5.11 Å². The van der Waals surface area contributed by atoms with Crippen LogP contribution in [0.4, 0.5) is 0 Å². The molecule has 1 N–H and O–H groups in total. The van der Waals surface area contributed by atoms with Crippen LogP contribution in [0.2, 0.25) is 0 Å². The first-order valence-electron chi connectivity index (χ1n) is 5.99. The molecule has 0 bridgehead atoms. The molecule has 102 valence electrons. The number of hydrogen-bond acceptors (Lipinski definition) is 3. The average molecular weight is 257 g/mol. The van der Waals surface area contributed by atoms with Crippen LogP contribution < -0.4 is 15.5 Å². The Morgan fingerprint density at radius 3 is 2.95 bits per heavy atom. The molecule has 0 amide bonds. The molecule has 1 rings (SSSR count). The Morgan fingerprint density at radius 2 is 2.32 bits per heavy atom. The van der Waals surface area contributed by atoms with Gasteiger partial charge in [0.2, 0.25) is 0 Å². The SMILES string of the molecule is CN=C=C(C)N(C)[CH-][NH+]=c1cc[cH-]cc1C(C)=C[O-]. The molecule has 4 nitrogen and oxygen atoms in total. The van der Waals surface area contributed by atoms with Crippen LogP contribution in [0, 0.1) is 6.67 Å². The molecule has 1 aromatic rings. The van der Waals surface area contributed by atoms with Crippen molar-refractivity contribution < 1.29 is 10.1 Å². The minimum atomic E-state index is 0.696. The van der Waals surface area contributed by atoms with Gasteiger partial charge in [-0.05, 0) is 19.3 Å². The second-order valence-electron chi connectivity index (χ2n) is 4.15. The average Bonchev–Trinajstić information content (AvgIpc) is 2.44. The number of hydrogen-bond donors (Lipinski definition) is 1. The molecule has 0 spiro atoms. The summed E-state index contributed by atoms with van der Waals surface area (Å²) < 4.78 is 0. The lowest BCUT2D eigenvalue weighted by atomic mass is 10.1. The van der Waals surface area contributed by atoms with Crippen molar-refractivity contribution in [2.75, 3.05) is 14.1 Å². The zero-order valence-electron chi connectivity index (χ0n) is 11.8. The summed E-state index contributed by atoms with van der Waals surface area (Å²) in [6, 6.07) is 7.68. The Kier molecular flexibility index (Phi) is 5.58. The zero-order chi connectivity index (χ0) is 14.3. The second kappa shape index (κ2) is 7.19. The van der Waals surface area contributed by atoms with Gasteiger partial charge in [0.25, 0.3) is 0 Å². The smallest absolute Gasteiger partial charge is 0.0967 e. The largest absolute Gasteiger partial charge is 0.878 e. The highest BCUT2D eigenvalue weighted by atomic mass is 16.2. The molecule has 0 aromatic heterocycles. The molecule has 19 heavy (non-hydrogen) atoms. The highest BCUT2D eigenvalue weighted by Crippen LogP contribution is 2.04. The molecule has 4 heteroatoms. The molecule has 0 saturated carbocycles. The van der Waals surface area contributed by atoms with Gasteiger partial charge in [-0.15, -0.1) is 11.1 Å². The number of aliphatic imine (C=N–C) groups is 1. The maximum Gasteiger partial charge on any atom is 0.0967 e. The van der Waals surface area contributed by atoms with Gasteiger partial charge in [0.15, 0.2) is 0 Å². The van der Waals surface area contributed by atoms with E-state index in [1.165, 1.54) is 0 Å². The molecule has 0 aliphatic carbocycles. The fourth-order valence-corrected chi connectivity index (χ4v) is 1.52. The summed E-state index contributed by atoms with van der Waals surface area (Å²) in [5.41, 5.74) is 2.48. The number of nitrogens with one attached hydrogen (secondary N) is 1. The molecule has 0 unspecified atom stereocenters. The summed E-state index contributed by atoms with van der Waals surface area (Å²) in [5, 5.41) is 11.8. The molecule has 0 fully saturated rings. The predicted molar refractivity (Wildman–Crippen MR) is 74.4 cm³/mol. The van der Waals surface area contributed by atoms with Gasteiger partial charge in [-0.1, -0.05) is 6.92 Å². The lowest BCUT2D eigenvalue weighted by Gasteiger charge is -2.19. The Balaban J connectivity index is 3.05. The van der Waals surface area contributed by atoms with Crippen molar-refractivity contribution in [1.29, 1.82) is 0 Å². The van der Waals surface area contributed by atoms with Gasteiger partial charge in [0, 0.05) is 12.9 Å². The Labute approximate surface area is 114 Å². The molecule has 0 radical (unpaired) electrons. The zero-order valence-corrected chi connectivity index (χ0v) is 11.8. The standard InChI is InChI=1S/C15H20N3O/c1-12(10-19)14-7-5-6-8-15(14)17-11-18(4)13(2)9-16-3/h5-8,10-11,17,19H,1-4H3/q-1/p-1. The monoisotopic (exact) mass is 257 g/mol. The first-order valence-corrected chi connectivity index (χ1v) is 5.99. The normalized spacial score (nSPS) is 11.8. The summed E-state index contributed by atoms with van der Waals surface area (Å²) >= 11 is 0. The summed E-state index contributed by atoms with van der Waals surface area (Å²) in [5.74, 6) is 2.87. The van der Waals surface area contributed by atoms with Gasteiger partial charge >= 0.3 is 0 Å². The van der Waals surface area contributed by atoms with E-state index in [4.69, 9.17) is 0 Å². The van der Waals surface area contributed by atoms with Crippen molar-refractivity contribution in [1.82, 2.24) is 4.90 Å². The van der Waals surface area contributed by atoms with Crippen molar-refractivity contribution in [2.45, 2.75) is 13.8 Å². The first kappa shape index (κ1) is 14.7. The minimum absolute atomic E-state index is 0.696. The fraction of sp³-hybridized carbons (Fsp3) is 0.267. The molecule has 0 atom stereocenters. The summed E-state index contributed by atoms with van der Waals surface area (Å²) in [7, 11) is 3.59.